The van der Waals surface area contributed by atoms with Gasteiger partial charge in [-0.15, -0.1) is 0 Å². The molecule has 0 aromatic rings. The summed E-state index contributed by atoms with van der Waals surface area (Å²) in [6.45, 7) is 8.59. The van der Waals surface area contributed by atoms with E-state index >= 15 is 0 Å². The van der Waals surface area contributed by atoms with Crippen LogP contribution >= 0.6 is 0 Å². The van der Waals surface area contributed by atoms with E-state index in [1.807, 2.05) is 27.7 Å². The molecule has 14 heavy (non-hydrogen) atoms. The van der Waals surface area contributed by atoms with Crippen molar-refractivity contribution in [2.45, 2.75) is 39.7 Å². The number of ether oxygens (including phenoxy) is 2. The van der Waals surface area contributed by atoms with Crippen molar-refractivity contribution in [3.8, 4) is 11.8 Å². The van der Waals surface area contributed by atoms with Crippen LogP contribution in [0.2, 0.25) is 0 Å². The van der Waals surface area contributed by atoms with Crippen LogP contribution in [0, 0.1) is 11.8 Å². The molecule has 0 unspecified atom stereocenters. The average molecular weight is 198 g/mol. The molecule has 3 heteroatoms. The minimum Gasteiger partial charge on any atom is -0.450 e. The number of carbonyl (C=O) groups is 1. The van der Waals surface area contributed by atoms with Gasteiger partial charge in [0.25, 0.3) is 0 Å². The fourth-order valence-corrected chi connectivity index (χ4v) is 0.706. The molecular formula is C11H18O3. The molecule has 0 rings (SSSR count). The fourth-order valence-electron chi connectivity index (χ4n) is 0.706. The largest absolute Gasteiger partial charge is 0.450 e. The Morgan fingerprint density at radius 3 is 2.50 bits per heavy atom. The van der Waals surface area contributed by atoms with Crippen molar-refractivity contribution in [3.05, 3.63) is 0 Å². The lowest BCUT2D eigenvalue weighted by Gasteiger charge is -2.16. The Morgan fingerprint density at radius 2 is 2.00 bits per heavy atom. The average Bonchev–Trinajstić information content (AvgIpc) is 2.00. The lowest BCUT2D eigenvalue weighted by molar-refractivity contribution is -0.147. The maximum absolute atomic E-state index is 11.1. The molecule has 0 heterocycles. The molecule has 0 aliphatic carbocycles. The highest BCUT2D eigenvalue weighted by Crippen LogP contribution is 2.05. The number of carbonyl (C=O) groups excluding carboxylic acids is 1. The van der Waals surface area contributed by atoms with Gasteiger partial charge in [0.15, 0.2) is 0 Å². The predicted molar refractivity (Wildman–Crippen MR) is 54.7 cm³/mol. The van der Waals surface area contributed by atoms with E-state index in [1.165, 1.54) is 0 Å². The second-order valence-corrected chi connectivity index (χ2v) is 3.75. The molecule has 0 spiro atoms. The fraction of sp³-hybridized carbons (Fsp3) is 0.727. The topological polar surface area (TPSA) is 35.5 Å². The summed E-state index contributed by atoms with van der Waals surface area (Å²) >= 11 is 0. The molecule has 0 N–H and O–H groups in total. The van der Waals surface area contributed by atoms with Gasteiger partial charge in [0.2, 0.25) is 0 Å². The molecular weight excluding hydrogens is 180 g/mol. The van der Waals surface area contributed by atoms with Crippen molar-refractivity contribution in [1.82, 2.24) is 0 Å². The molecule has 3 nitrogen and oxygen atoms in total. The number of hydrogen-bond donors (Lipinski definition) is 0. The van der Waals surface area contributed by atoms with Gasteiger partial charge in [-0.1, -0.05) is 5.92 Å². The third-order valence-corrected chi connectivity index (χ3v) is 1.16. The summed E-state index contributed by atoms with van der Waals surface area (Å²) in [6, 6.07) is 0. The summed E-state index contributed by atoms with van der Waals surface area (Å²) in [5.74, 6) is 4.62. The molecule has 0 fully saturated rings. The molecule has 0 aromatic carbocycles. The highest BCUT2D eigenvalue weighted by Gasteiger charge is 2.13. The zero-order valence-corrected chi connectivity index (χ0v) is 9.35. The van der Waals surface area contributed by atoms with Crippen LogP contribution < -0.4 is 0 Å². The number of hydrogen-bond acceptors (Lipinski definition) is 3. The van der Waals surface area contributed by atoms with Gasteiger partial charge in [-0.25, -0.2) is 4.79 Å². The van der Waals surface area contributed by atoms with Crippen LogP contribution in [-0.2, 0) is 14.3 Å². The molecule has 0 atom stereocenters. The van der Waals surface area contributed by atoms with Crippen LogP contribution in [0.3, 0.4) is 0 Å². The van der Waals surface area contributed by atoms with Gasteiger partial charge >= 0.3 is 5.97 Å². The summed E-state index contributed by atoms with van der Waals surface area (Å²) in [6.07, 6.45) is 0.563. The van der Waals surface area contributed by atoms with E-state index in [2.05, 4.69) is 11.8 Å². The van der Waals surface area contributed by atoms with Crippen LogP contribution in [-0.4, -0.2) is 24.8 Å². The maximum Gasteiger partial charge on any atom is 0.384 e. The summed E-state index contributed by atoms with van der Waals surface area (Å²) in [4.78, 5) is 11.1. The second kappa shape index (κ2) is 6.44. The predicted octanol–water partition coefficient (Wildman–Crippen LogP) is 1.76. The number of esters is 1. The molecule has 0 saturated carbocycles. The van der Waals surface area contributed by atoms with Crippen molar-refractivity contribution in [1.29, 1.82) is 0 Å². The van der Waals surface area contributed by atoms with E-state index in [-0.39, 0.29) is 0 Å². The molecule has 0 saturated heterocycles. The van der Waals surface area contributed by atoms with E-state index in [0.29, 0.717) is 19.6 Å². The summed E-state index contributed by atoms with van der Waals surface area (Å²) in [5, 5.41) is 0. The van der Waals surface area contributed by atoms with E-state index in [4.69, 9.17) is 9.47 Å². The Hall–Kier alpha value is -1.01. The van der Waals surface area contributed by atoms with Crippen LogP contribution in [0.25, 0.3) is 0 Å². The highest BCUT2D eigenvalue weighted by molar-refractivity contribution is 5.88. The van der Waals surface area contributed by atoms with E-state index in [1.54, 1.807) is 0 Å². The number of rotatable bonds is 3. The monoisotopic (exact) mass is 198 g/mol. The Balaban J connectivity index is 3.71. The minimum absolute atomic E-state index is 0.467. The van der Waals surface area contributed by atoms with E-state index in [0.717, 1.165) is 0 Å². The Bertz CT molecular complexity index is 227. The van der Waals surface area contributed by atoms with Crippen molar-refractivity contribution in [3.63, 3.8) is 0 Å². The van der Waals surface area contributed by atoms with Crippen LogP contribution in [0.5, 0.6) is 0 Å². The summed E-state index contributed by atoms with van der Waals surface area (Å²) in [5.41, 5.74) is -0.467. The summed E-state index contributed by atoms with van der Waals surface area (Å²) < 4.78 is 10.1. The van der Waals surface area contributed by atoms with Gasteiger partial charge in [0.05, 0.1) is 6.61 Å². The third kappa shape index (κ3) is 9.08. The molecule has 0 bridgehead atoms. The lowest BCUT2D eigenvalue weighted by atomic mass is 10.2. The SMILES string of the molecule is CCOCCC#CC(=O)OC(C)(C)C. The molecule has 0 amide bonds. The van der Waals surface area contributed by atoms with Crippen LogP contribution in [0.1, 0.15) is 34.1 Å². The lowest BCUT2D eigenvalue weighted by Crippen LogP contribution is -2.22. The standard InChI is InChI=1S/C11H18O3/c1-5-13-9-7-6-8-10(12)14-11(2,3)4/h5,7,9H2,1-4H3. The Morgan fingerprint density at radius 1 is 1.36 bits per heavy atom. The van der Waals surface area contributed by atoms with Crippen molar-refractivity contribution in [2.24, 2.45) is 0 Å². The van der Waals surface area contributed by atoms with Gasteiger partial charge < -0.3 is 9.47 Å². The second-order valence-electron chi connectivity index (χ2n) is 3.75. The molecule has 0 aromatic heterocycles. The summed E-state index contributed by atoms with van der Waals surface area (Å²) in [7, 11) is 0. The smallest absolute Gasteiger partial charge is 0.384 e. The Kier molecular flexibility index (Phi) is 5.98. The molecule has 0 aliphatic rings. The zero-order valence-electron chi connectivity index (χ0n) is 9.35. The first-order chi connectivity index (χ1) is 6.45. The third-order valence-electron chi connectivity index (χ3n) is 1.16. The van der Waals surface area contributed by atoms with Crippen molar-refractivity contribution in [2.75, 3.05) is 13.2 Å². The minimum atomic E-state index is -0.478. The van der Waals surface area contributed by atoms with Crippen LogP contribution in [0.4, 0.5) is 0 Å². The first kappa shape index (κ1) is 13.0. The molecule has 0 aliphatic heterocycles. The highest BCUT2D eigenvalue weighted by atomic mass is 16.6. The molecule has 0 radical (unpaired) electrons. The van der Waals surface area contributed by atoms with E-state index < -0.39 is 11.6 Å². The van der Waals surface area contributed by atoms with Gasteiger partial charge in [-0.05, 0) is 27.7 Å². The van der Waals surface area contributed by atoms with Crippen molar-refractivity contribution < 1.29 is 14.3 Å². The van der Waals surface area contributed by atoms with E-state index in [9.17, 15) is 4.79 Å². The van der Waals surface area contributed by atoms with Crippen LogP contribution in [0.15, 0.2) is 0 Å². The quantitative estimate of drug-likeness (QED) is 0.300. The first-order valence-corrected chi connectivity index (χ1v) is 4.75. The van der Waals surface area contributed by atoms with Crippen molar-refractivity contribution >= 4 is 5.97 Å². The first-order valence-electron chi connectivity index (χ1n) is 4.75. The van der Waals surface area contributed by atoms with Gasteiger partial charge in [0, 0.05) is 18.9 Å². The van der Waals surface area contributed by atoms with Gasteiger partial charge in [0.1, 0.15) is 5.60 Å². The normalized spacial score (nSPS) is 10.3. The maximum atomic E-state index is 11.1. The van der Waals surface area contributed by atoms with Gasteiger partial charge in [-0.2, -0.15) is 0 Å². The molecule has 80 valence electrons. The van der Waals surface area contributed by atoms with Gasteiger partial charge in [-0.3, -0.25) is 0 Å². The Labute approximate surface area is 85.8 Å². The zero-order chi connectivity index (χ0) is 11.0.